The van der Waals surface area contributed by atoms with Gasteiger partial charge in [-0.2, -0.15) is 5.26 Å². The Morgan fingerprint density at radius 3 is 2.31 bits per heavy atom. The fourth-order valence-electron chi connectivity index (χ4n) is 1.44. The van der Waals surface area contributed by atoms with Crippen molar-refractivity contribution < 1.29 is 4.74 Å². The maximum Gasteiger partial charge on any atom is 0.126 e. The highest BCUT2D eigenvalue weighted by atomic mass is 16.5. The van der Waals surface area contributed by atoms with Crippen LogP contribution in [0.3, 0.4) is 0 Å². The van der Waals surface area contributed by atoms with Crippen molar-refractivity contribution in [2.75, 3.05) is 7.11 Å². The van der Waals surface area contributed by atoms with Crippen LogP contribution < -0.4 is 4.74 Å². The summed E-state index contributed by atoms with van der Waals surface area (Å²) in [4.78, 5) is 0. The Hall–Kier alpha value is -1.49. The van der Waals surface area contributed by atoms with Crippen molar-refractivity contribution in [2.24, 2.45) is 0 Å². The number of hydrogen-bond acceptors (Lipinski definition) is 2. The summed E-state index contributed by atoms with van der Waals surface area (Å²) in [7, 11) is 1.63. The molecular formula is C11H13NO. The van der Waals surface area contributed by atoms with Crippen molar-refractivity contribution in [1.82, 2.24) is 0 Å². The molecule has 0 unspecified atom stereocenters. The summed E-state index contributed by atoms with van der Waals surface area (Å²) in [6.07, 6.45) is 0. The zero-order valence-corrected chi connectivity index (χ0v) is 8.43. The summed E-state index contributed by atoms with van der Waals surface area (Å²) in [6.45, 7) is 5.89. The fourth-order valence-corrected chi connectivity index (χ4v) is 1.44. The molecule has 0 aliphatic rings. The molecule has 0 fully saturated rings. The van der Waals surface area contributed by atoms with E-state index in [-0.39, 0.29) is 0 Å². The maximum absolute atomic E-state index is 8.85. The summed E-state index contributed by atoms with van der Waals surface area (Å²) >= 11 is 0. The second-order valence-corrected chi connectivity index (χ2v) is 3.14. The van der Waals surface area contributed by atoms with E-state index >= 15 is 0 Å². The van der Waals surface area contributed by atoms with Gasteiger partial charge in [0.05, 0.1) is 18.7 Å². The van der Waals surface area contributed by atoms with E-state index in [4.69, 9.17) is 10.00 Å². The quantitative estimate of drug-likeness (QED) is 0.657. The first-order chi connectivity index (χ1) is 6.11. The minimum atomic E-state index is 0.694. The average molecular weight is 175 g/mol. The number of nitriles is 1. The Kier molecular flexibility index (Phi) is 2.57. The number of ether oxygens (including phenoxy) is 1. The van der Waals surface area contributed by atoms with Crippen LogP contribution in [0.4, 0.5) is 0 Å². The molecule has 0 spiro atoms. The van der Waals surface area contributed by atoms with Crippen LogP contribution in [0, 0.1) is 32.1 Å². The van der Waals surface area contributed by atoms with E-state index in [2.05, 4.69) is 6.07 Å². The Labute approximate surface area is 78.8 Å². The molecule has 0 aromatic heterocycles. The lowest BCUT2D eigenvalue weighted by molar-refractivity contribution is 0.408. The monoisotopic (exact) mass is 175 g/mol. The van der Waals surface area contributed by atoms with E-state index in [9.17, 15) is 0 Å². The summed E-state index contributed by atoms with van der Waals surface area (Å²) < 4.78 is 5.25. The lowest BCUT2D eigenvalue weighted by Gasteiger charge is -2.11. The molecule has 0 amide bonds. The number of methoxy groups -OCH3 is 1. The molecule has 0 aliphatic heterocycles. The molecule has 1 aromatic carbocycles. The third-order valence-electron chi connectivity index (χ3n) is 2.36. The molecule has 0 heterocycles. The van der Waals surface area contributed by atoms with Crippen molar-refractivity contribution in [1.29, 1.82) is 5.26 Å². The normalized spacial score (nSPS) is 9.46. The number of nitrogens with zero attached hydrogens (tertiary/aromatic N) is 1. The Balaban J connectivity index is 3.50. The highest BCUT2D eigenvalue weighted by Gasteiger charge is 2.09. The Bertz CT molecular complexity index is 375. The molecule has 1 aromatic rings. The van der Waals surface area contributed by atoms with Crippen molar-refractivity contribution in [3.8, 4) is 11.8 Å². The minimum Gasteiger partial charge on any atom is -0.496 e. The van der Waals surface area contributed by atoms with Crippen molar-refractivity contribution in [2.45, 2.75) is 20.8 Å². The summed E-state index contributed by atoms with van der Waals surface area (Å²) in [5, 5.41) is 8.85. The average Bonchev–Trinajstić information content (AvgIpc) is 2.12. The second-order valence-electron chi connectivity index (χ2n) is 3.14. The molecular weight excluding hydrogens is 162 g/mol. The van der Waals surface area contributed by atoms with Crippen LogP contribution in [0.5, 0.6) is 5.75 Å². The predicted molar refractivity (Wildman–Crippen MR) is 51.9 cm³/mol. The van der Waals surface area contributed by atoms with Gasteiger partial charge < -0.3 is 4.74 Å². The molecule has 68 valence electrons. The van der Waals surface area contributed by atoms with Crippen molar-refractivity contribution in [3.63, 3.8) is 0 Å². The summed E-state index contributed by atoms with van der Waals surface area (Å²) in [6, 6.07) is 4.05. The van der Waals surface area contributed by atoms with Gasteiger partial charge in [0.1, 0.15) is 5.75 Å². The van der Waals surface area contributed by atoms with Crippen LogP contribution in [0.15, 0.2) is 6.07 Å². The zero-order valence-electron chi connectivity index (χ0n) is 8.43. The first kappa shape index (κ1) is 9.60. The van der Waals surface area contributed by atoms with Crippen LogP contribution in [0.2, 0.25) is 0 Å². The van der Waals surface area contributed by atoms with Gasteiger partial charge >= 0.3 is 0 Å². The largest absolute Gasteiger partial charge is 0.496 e. The number of benzene rings is 1. The molecule has 0 saturated heterocycles. The first-order valence-corrected chi connectivity index (χ1v) is 4.16. The molecule has 0 aliphatic carbocycles. The van der Waals surface area contributed by atoms with Crippen LogP contribution in [-0.4, -0.2) is 7.11 Å². The van der Waals surface area contributed by atoms with Gasteiger partial charge in [-0.15, -0.1) is 0 Å². The van der Waals surface area contributed by atoms with Gasteiger partial charge in [0.15, 0.2) is 0 Å². The van der Waals surface area contributed by atoms with E-state index < -0.39 is 0 Å². The van der Waals surface area contributed by atoms with Gasteiger partial charge in [-0.3, -0.25) is 0 Å². The molecule has 2 nitrogen and oxygen atoms in total. The minimum absolute atomic E-state index is 0.694. The fraction of sp³-hybridized carbons (Fsp3) is 0.364. The molecule has 2 heteroatoms. The summed E-state index contributed by atoms with van der Waals surface area (Å²) in [5.41, 5.74) is 3.83. The molecule has 0 atom stereocenters. The third kappa shape index (κ3) is 1.50. The van der Waals surface area contributed by atoms with Gasteiger partial charge in [0.25, 0.3) is 0 Å². The van der Waals surface area contributed by atoms with Crippen LogP contribution in [0.1, 0.15) is 22.3 Å². The predicted octanol–water partition coefficient (Wildman–Crippen LogP) is 2.49. The Morgan fingerprint density at radius 2 is 1.85 bits per heavy atom. The van der Waals surface area contributed by atoms with Gasteiger partial charge in [0.2, 0.25) is 0 Å². The smallest absolute Gasteiger partial charge is 0.126 e. The van der Waals surface area contributed by atoms with E-state index in [0.717, 1.165) is 22.4 Å². The number of rotatable bonds is 1. The van der Waals surface area contributed by atoms with Gasteiger partial charge in [-0.1, -0.05) is 0 Å². The number of aryl methyl sites for hydroxylation is 1. The molecule has 1 rings (SSSR count). The number of hydrogen-bond donors (Lipinski definition) is 0. The van der Waals surface area contributed by atoms with Gasteiger partial charge in [0, 0.05) is 5.56 Å². The van der Waals surface area contributed by atoms with Crippen LogP contribution in [0.25, 0.3) is 0 Å². The van der Waals surface area contributed by atoms with E-state index in [0.29, 0.717) is 5.56 Å². The lowest BCUT2D eigenvalue weighted by atomic mass is 10.00. The van der Waals surface area contributed by atoms with E-state index in [1.807, 2.05) is 26.8 Å². The first-order valence-electron chi connectivity index (χ1n) is 4.16. The molecule has 13 heavy (non-hydrogen) atoms. The van der Waals surface area contributed by atoms with Gasteiger partial charge in [-0.25, -0.2) is 0 Å². The third-order valence-corrected chi connectivity index (χ3v) is 2.36. The second kappa shape index (κ2) is 3.49. The molecule has 0 radical (unpaired) electrons. The standard InChI is InChI=1S/C11H13NO/c1-7-5-10(6-12)9(3)11(13-4)8(7)2/h5H,1-4H3. The maximum atomic E-state index is 8.85. The van der Waals surface area contributed by atoms with Gasteiger partial charge in [-0.05, 0) is 38.0 Å². The zero-order chi connectivity index (χ0) is 10.0. The van der Waals surface area contributed by atoms with E-state index in [1.54, 1.807) is 7.11 Å². The lowest BCUT2D eigenvalue weighted by Crippen LogP contribution is -1.96. The van der Waals surface area contributed by atoms with Crippen LogP contribution in [-0.2, 0) is 0 Å². The highest BCUT2D eigenvalue weighted by Crippen LogP contribution is 2.28. The van der Waals surface area contributed by atoms with E-state index in [1.165, 1.54) is 0 Å². The highest BCUT2D eigenvalue weighted by molar-refractivity contribution is 5.53. The molecule has 0 N–H and O–H groups in total. The molecule has 0 saturated carbocycles. The Morgan fingerprint density at radius 1 is 1.23 bits per heavy atom. The molecule has 0 bridgehead atoms. The topological polar surface area (TPSA) is 33.0 Å². The summed E-state index contributed by atoms with van der Waals surface area (Å²) in [5.74, 6) is 0.830. The van der Waals surface area contributed by atoms with Crippen molar-refractivity contribution in [3.05, 3.63) is 28.3 Å². The van der Waals surface area contributed by atoms with Crippen LogP contribution >= 0.6 is 0 Å². The SMILES string of the molecule is COc1c(C)c(C)cc(C#N)c1C. The van der Waals surface area contributed by atoms with Crippen molar-refractivity contribution >= 4 is 0 Å².